The molecule has 0 atom stereocenters. The first-order chi connectivity index (χ1) is 4.38. The fourth-order valence-corrected chi connectivity index (χ4v) is 1.28. The van der Waals surface area contributed by atoms with Crippen LogP contribution in [0.5, 0.6) is 0 Å². The summed E-state index contributed by atoms with van der Waals surface area (Å²) in [6.45, 7) is 4.55. The maximum atomic E-state index is 5.23. The van der Waals surface area contributed by atoms with E-state index in [1.165, 1.54) is 16.9 Å². The van der Waals surface area contributed by atoms with Crippen LogP contribution in [0.1, 0.15) is 6.92 Å². The van der Waals surface area contributed by atoms with Gasteiger partial charge in [-0.2, -0.15) is 0 Å². The molecule has 0 aliphatic carbocycles. The highest BCUT2D eigenvalue weighted by Crippen LogP contribution is 2.20. The lowest BCUT2D eigenvalue weighted by Gasteiger charge is -1.93. The van der Waals surface area contributed by atoms with Crippen LogP contribution in [0.2, 0.25) is 0 Å². The van der Waals surface area contributed by atoms with Crippen molar-refractivity contribution in [2.75, 3.05) is 19.8 Å². The second-order valence-electron chi connectivity index (χ2n) is 2.48. The molecule has 0 spiro atoms. The minimum absolute atomic E-state index is 0.796. The van der Waals surface area contributed by atoms with E-state index in [0.29, 0.717) is 0 Å². The molecule has 2 aliphatic heterocycles. The molecule has 0 radical (unpaired) electrons. The van der Waals surface area contributed by atoms with Gasteiger partial charge < -0.3 is 4.74 Å². The van der Waals surface area contributed by atoms with E-state index in [2.05, 4.69) is 11.9 Å². The Kier molecular flexibility index (Phi) is 0.963. The first-order valence-electron chi connectivity index (χ1n) is 3.18. The molecule has 0 aromatic carbocycles. The number of ether oxygens (including phenoxy) is 1. The van der Waals surface area contributed by atoms with Crippen molar-refractivity contribution in [3.63, 3.8) is 0 Å². The van der Waals surface area contributed by atoms with Crippen molar-refractivity contribution < 1.29 is 4.74 Å². The predicted octanol–water partition coefficient (Wildman–Crippen LogP) is 0.788. The Balaban J connectivity index is 2.35. The Hall–Kier alpha value is -0.630. The van der Waals surface area contributed by atoms with Crippen LogP contribution in [0, 0.1) is 0 Å². The first-order valence-corrected chi connectivity index (χ1v) is 3.18. The van der Waals surface area contributed by atoms with Crippen LogP contribution in [0.15, 0.2) is 16.1 Å². The lowest BCUT2D eigenvalue weighted by atomic mass is 10.1. The summed E-state index contributed by atoms with van der Waals surface area (Å²) in [6.07, 6.45) is 0. The normalized spacial score (nSPS) is 24.8. The average molecular weight is 123 g/mol. The third-order valence-corrected chi connectivity index (χ3v) is 1.89. The van der Waals surface area contributed by atoms with Gasteiger partial charge in [0, 0.05) is 11.3 Å². The molecule has 2 heterocycles. The van der Waals surface area contributed by atoms with E-state index in [0.717, 1.165) is 19.8 Å². The van der Waals surface area contributed by atoms with Crippen molar-refractivity contribution in [1.29, 1.82) is 0 Å². The molecule has 2 heteroatoms. The van der Waals surface area contributed by atoms with Gasteiger partial charge in [0.2, 0.25) is 0 Å². The second-order valence-corrected chi connectivity index (χ2v) is 2.48. The zero-order valence-corrected chi connectivity index (χ0v) is 5.48. The van der Waals surface area contributed by atoms with Gasteiger partial charge in [0.1, 0.15) is 0 Å². The standard InChI is InChI=1S/C7H9NO/c1-5-7-4-9-3-6(7)2-8-5/h2-4H2,1H3. The molecule has 0 fully saturated rings. The van der Waals surface area contributed by atoms with E-state index in [-0.39, 0.29) is 0 Å². The molecular weight excluding hydrogens is 114 g/mol. The van der Waals surface area contributed by atoms with Gasteiger partial charge in [-0.3, -0.25) is 4.99 Å². The molecule has 0 aromatic heterocycles. The van der Waals surface area contributed by atoms with Crippen molar-refractivity contribution in [2.24, 2.45) is 4.99 Å². The van der Waals surface area contributed by atoms with Crippen molar-refractivity contribution in [3.8, 4) is 0 Å². The summed E-state index contributed by atoms with van der Waals surface area (Å²) in [5.74, 6) is 0. The van der Waals surface area contributed by atoms with Gasteiger partial charge in [-0.25, -0.2) is 0 Å². The Labute approximate surface area is 54.2 Å². The van der Waals surface area contributed by atoms with Crippen LogP contribution in [0.4, 0.5) is 0 Å². The van der Waals surface area contributed by atoms with Crippen molar-refractivity contribution in [3.05, 3.63) is 11.1 Å². The van der Waals surface area contributed by atoms with Gasteiger partial charge in [0.15, 0.2) is 0 Å². The number of hydrogen-bond acceptors (Lipinski definition) is 2. The second kappa shape index (κ2) is 1.67. The van der Waals surface area contributed by atoms with Crippen LogP contribution in [0.3, 0.4) is 0 Å². The van der Waals surface area contributed by atoms with E-state index in [1.807, 2.05) is 0 Å². The minimum atomic E-state index is 0.796. The molecule has 0 unspecified atom stereocenters. The maximum absolute atomic E-state index is 5.23. The largest absolute Gasteiger partial charge is 0.372 e. The molecule has 0 saturated carbocycles. The third kappa shape index (κ3) is 0.630. The summed E-state index contributed by atoms with van der Waals surface area (Å²) in [5, 5.41) is 0. The highest BCUT2D eigenvalue weighted by atomic mass is 16.5. The van der Waals surface area contributed by atoms with Gasteiger partial charge in [0.25, 0.3) is 0 Å². The summed E-state index contributed by atoms with van der Waals surface area (Å²) >= 11 is 0. The van der Waals surface area contributed by atoms with Crippen molar-refractivity contribution >= 4 is 5.71 Å². The molecule has 9 heavy (non-hydrogen) atoms. The Morgan fingerprint density at radius 1 is 1.44 bits per heavy atom. The Bertz CT molecular complexity index is 203. The summed E-state index contributed by atoms with van der Waals surface area (Å²) in [7, 11) is 0. The van der Waals surface area contributed by atoms with E-state index in [1.54, 1.807) is 0 Å². The molecule has 0 N–H and O–H groups in total. The topological polar surface area (TPSA) is 21.6 Å². The summed E-state index contributed by atoms with van der Waals surface area (Å²) in [4.78, 5) is 4.28. The van der Waals surface area contributed by atoms with Crippen molar-refractivity contribution in [1.82, 2.24) is 0 Å². The van der Waals surface area contributed by atoms with Crippen LogP contribution >= 0.6 is 0 Å². The molecule has 2 rings (SSSR count). The van der Waals surface area contributed by atoms with Crippen LogP contribution in [-0.4, -0.2) is 25.5 Å². The van der Waals surface area contributed by atoms with Gasteiger partial charge in [-0.05, 0) is 12.5 Å². The number of rotatable bonds is 0. The Morgan fingerprint density at radius 3 is 3.11 bits per heavy atom. The van der Waals surface area contributed by atoms with Crippen LogP contribution in [-0.2, 0) is 4.74 Å². The lowest BCUT2D eigenvalue weighted by Crippen LogP contribution is -1.96. The van der Waals surface area contributed by atoms with Gasteiger partial charge in [-0.15, -0.1) is 0 Å². The zero-order chi connectivity index (χ0) is 6.27. The summed E-state index contributed by atoms with van der Waals surface area (Å²) in [6, 6.07) is 0. The molecule has 2 nitrogen and oxygen atoms in total. The van der Waals surface area contributed by atoms with Crippen LogP contribution in [0.25, 0.3) is 0 Å². The van der Waals surface area contributed by atoms with Crippen molar-refractivity contribution in [2.45, 2.75) is 6.92 Å². The van der Waals surface area contributed by atoms with E-state index >= 15 is 0 Å². The molecule has 48 valence electrons. The number of aliphatic imine (C=N–C) groups is 1. The molecule has 2 aliphatic rings. The summed E-state index contributed by atoms with van der Waals surface area (Å²) in [5.41, 5.74) is 3.94. The molecule has 0 bridgehead atoms. The molecular formula is C7H9NO. The van der Waals surface area contributed by atoms with Gasteiger partial charge >= 0.3 is 0 Å². The van der Waals surface area contributed by atoms with Gasteiger partial charge in [0.05, 0.1) is 19.8 Å². The van der Waals surface area contributed by atoms with Gasteiger partial charge in [-0.1, -0.05) is 0 Å². The number of hydrogen-bond donors (Lipinski definition) is 0. The average Bonchev–Trinajstić information content (AvgIpc) is 2.35. The van der Waals surface area contributed by atoms with E-state index in [4.69, 9.17) is 4.74 Å². The Morgan fingerprint density at radius 2 is 2.33 bits per heavy atom. The maximum Gasteiger partial charge on any atom is 0.0739 e. The molecule has 0 saturated heterocycles. The SMILES string of the molecule is CC1=NCC2=C1COC2. The van der Waals surface area contributed by atoms with Crippen LogP contribution < -0.4 is 0 Å². The predicted molar refractivity (Wildman–Crippen MR) is 35.8 cm³/mol. The zero-order valence-electron chi connectivity index (χ0n) is 5.48. The third-order valence-electron chi connectivity index (χ3n) is 1.89. The number of nitrogens with zero attached hydrogens (tertiary/aromatic N) is 1. The minimum Gasteiger partial charge on any atom is -0.372 e. The molecule has 0 amide bonds. The quantitative estimate of drug-likeness (QED) is 0.466. The van der Waals surface area contributed by atoms with E-state index in [9.17, 15) is 0 Å². The highest BCUT2D eigenvalue weighted by molar-refractivity contribution is 6.01. The monoisotopic (exact) mass is 123 g/mol. The fraction of sp³-hybridized carbons (Fsp3) is 0.571. The lowest BCUT2D eigenvalue weighted by molar-refractivity contribution is 0.205. The summed E-state index contributed by atoms with van der Waals surface area (Å²) < 4.78 is 5.23. The molecule has 0 aromatic rings. The highest BCUT2D eigenvalue weighted by Gasteiger charge is 2.20. The van der Waals surface area contributed by atoms with E-state index < -0.39 is 0 Å². The fourth-order valence-electron chi connectivity index (χ4n) is 1.28. The smallest absolute Gasteiger partial charge is 0.0739 e. The first kappa shape index (κ1) is 5.18.